The van der Waals surface area contributed by atoms with Crippen LogP contribution in [0.15, 0.2) is 23.8 Å². The van der Waals surface area contributed by atoms with Gasteiger partial charge in [0.25, 0.3) is 0 Å². The van der Waals surface area contributed by atoms with Gasteiger partial charge in [-0.2, -0.15) is 0 Å². The van der Waals surface area contributed by atoms with Gasteiger partial charge in [-0.05, 0) is 6.07 Å². The largest absolute Gasteiger partial charge is 0.496 e. The Labute approximate surface area is 103 Å². The molecule has 6 heteroatoms. The molecule has 17 heavy (non-hydrogen) atoms. The van der Waals surface area contributed by atoms with E-state index in [9.17, 15) is 5.11 Å². The highest BCUT2D eigenvalue weighted by atomic mass is 32.1. The molecule has 1 N–H and O–H groups in total. The molecule has 90 valence electrons. The van der Waals surface area contributed by atoms with E-state index in [0.717, 1.165) is 4.88 Å². The van der Waals surface area contributed by atoms with Crippen LogP contribution in [0.1, 0.15) is 16.7 Å². The SMILES string of the molecule is COc1csc(C(O)c2nccnc2OC)c1. The lowest BCUT2D eigenvalue weighted by molar-refractivity contribution is 0.211. The zero-order valence-corrected chi connectivity index (χ0v) is 10.3. The van der Waals surface area contributed by atoms with Crippen LogP contribution >= 0.6 is 11.3 Å². The van der Waals surface area contributed by atoms with E-state index in [4.69, 9.17) is 9.47 Å². The summed E-state index contributed by atoms with van der Waals surface area (Å²) >= 11 is 1.40. The minimum absolute atomic E-state index is 0.326. The van der Waals surface area contributed by atoms with Gasteiger partial charge < -0.3 is 14.6 Å². The summed E-state index contributed by atoms with van der Waals surface area (Å²) in [6.07, 6.45) is 2.18. The van der Waals surface area contributed by atoms with E-state index >= 15 is 0 Å². The second-order valence-electron chi connectivity index (χ2n) is 3.24. The van der Waals surface area contributed by atoms with E-state index in [2.05, 4.69) is 9.97 Å². The Balaban J connectivity index is 2.32. The molecule has 0 radical (unpaired) electrons. The zero-order valence-electron chi connectivity index (χ0n) is 9.45. The maximum absolute atomic E-state index is 10.2. The Hall–Kier alpha value is -1.66. The number of aromatic nitrogens is 2. The molecule has 0 bridgehead atoms. The number of aliphatic hydroxyl groups excluding tert-OH is 1. The molecule has 0 aliphatic heterocycles. The molecule has 1 unspecified atom stereocenters. The minimum Gasteiger partial charge on any atom is -0.496 e. The van der Waals surface area contributed by atoms with Gasteiger partial charge >= 0.3 is 0 Å². The highest BCUT2D eigenvalue weighted by molar-refractivity contribution is 7.10. The van der Waals surface area contributed by atoms with Crippen molar-refractivity contribution in [2.24, 2.45) is 0 Å². The van der Waals surface area contributed by atoms with E-state index in [0.29, 0.717) is 17.3 Å². The molecule has 1 atom stereocenters. The number of hydrogen-bond donors (Lipinski definition) is 1. The summed E-state index contributed by atoms with van der Waals surface area (Å²) in [5.41, 5.74) is 0.402. The zero-order chi connectivity index (χ0) is 12.3. The summed E-state index contributed by atoms with van der Waals surface area (Å²) in [4.78, 5) is 8.83. The molecule has 2 aromatic heterocycles. The first kappa shape index (κ1) is 11.8. The maximum atomic E-state index is 10.2. The molecule has 0 saturated carbocycles. The van der Waals surface area contributed by atoms with Crippen molar-refractivity contribution in [3.8, 4) is 11.6 Å². The molecule has 0 aromatic carbocycles. The van der Waals surface area contributed by atoms with E-state index in [1.54, 1.807) is 13.2 Å². The fourth-order valence-corrected chi connectivity index (χ4v) is 2.24. The average molecular weight is 252 g/mol. The van der Waals surface area contributed by atoms with Crippen LogP contribution in [0.3, 0.4) is 0 Å². The van der Waals surface area contributed by atoms with Crippen LogP contribution in [0, 0.1) is 0 Å². The van der Waals surface area contributed by atoms with Crippen molar-refractivity contribution < 1.29 is 14.6 Å². The summed E-state index contributed by atoms with van der Waals surface area (Å²) in [7, 11) is 3.08. The van der Waals surface area contributed by atoms with Gasteiger partial charge in [0, 0.05) is 22.7 Å². The number of ether oxygens (including phenoxy) is 2. The third kappa shape index (κ3) is 2.37. The lowest BCUT2D eigenvalue weighted by Gasteiger charge is -2.10. The smallest absolute Gasteiger partial charge is 0.238 e. The number of thiophene rings is 1. The van der Waals surface area contributed by atoms with Gasteiger partial charge in [-0.25, -0.2) is 4.98 Å². The summed E-state index contributed by atoms with van der Waals surface area (Å²) in [5.74, 6) is 1.04. The van der Waals surface area contributed by atoms with Crippen molar-refractivity contribution in [2.45, 2.75) is 6.10 Å². The standard InChI is InChI=1S/C11H12N2O3S/c1-15-7-5-8(17-6-7)10(14)9-11(16-2)13-4-3-12-9/h3-6,10,14H,1-2H3. The Bertz CT molecular complexity index is 501. The van der Waals surface area contributed by atoms with Crippen LogP contribution in [0.25, 0.3) is 0 Å². The molecule has 0 aliphatic rings. The molecule has 0 amide bonds. The van der Waals surface area contributed by atoms with Crippen molar-refractivity contribution in [1.29, 1.82) is 0 Å². The number of hydrogen-bond acceptors (Lipinski definition) is 6. The monoisotopic (exact) mass is 252 g/mol. The van der Waals surface area contributed by atoms with E-state index < -0.39 is 6.10 Å². The van der Waals surface area contributed by atoms with Crippen LogP contribution in [0.2, 0.25) is 0 Å². The molecule has 2 rings (SSSR count). The Kier molecular flexibility index (Phi) is 3.55. The van der Waals surface area contributed by atoms with Crippen LogP contribution in [-0.2, 0) is 0 Å². The topological polar surface area (TPSA) is 64.5 Å². The molecule has 0 saturated heterocycles. The molecular weight excluding hydrogens is 240 g/mol. The van der Waals surface area contributed by atoms with Crippen molar-refractivity contribution in [3.05, 3.63) is 34.4 Å². The summed E-state index contributed by atoms with van der Waals surface area (Å²) in [5, 5.41) is 12.0. The Morgan fingerprint density at radius 2 is 2.00 bits per heavy atom. The van der Waals surface area contributed by atoms with Crippen LogP contribution in [0.4, 0.5) is 0 Å². The predicted octanol–water partition coefficient (Wildman–Crippen LogP) is 1.64. The van der Waals surface area contributed by atoms with E-state index in [-0.39, 0.29) is 0 Å². The minimum atomic E-state index is -0.854. The summed E-state index contributed by atoms with van der Waals surface area (Å²) < 4.78 is 10.1. The number of aliphatic hydroxyl groups is 1. The molecule has 0 fully saturated rings. The molecule has 5 nitrogen and oxygen atoms in total. The van der Waals surface area contributed by atoms with Crippen LogP contribution < -0.4 is 9.47 Å². The van der Waals surface area contributed by atoms with Crippen molar-refractivity contribution >= 4 is 11.3 Å². The first-order valence-electron chi connectivity index (χ1n) is 4.91. The average Bonchev–Trinajstić information content (AvgIpc) is 2.86. The normalized spacial score (nSPS) is 12.2. The summed E-state index contributed by atoms with van der Waals surface area (Å²) in [6.45, 7) is 0. The third-order valence-corrected chi connectivity index (χ3v) is 3.21. The maximum Gasteiger partial charge on any atom is 0.238 e. The fourth-order valence-electron chi connectivity index (χ4n) is 1.40. The van der Waals surface area contributed by atoms with Gasteiger partial charge in [0.05, 0.1) is 14.2 Å². The van der Waals surface area contributed by atoms with Crippen LogP contribution in [0.5, 0.6) is 11.6 Å². The van der Waals surface area contributed by atoms with Gasteiger partial charge in [0.2, 0.25) is 5.88 Å². The van der Waals surface area contributed by atoms with E-state index in [1.165, 1.54) is 30.8 Å². The lowest BCUT2D eigenvalue weighted by Crippen LogP contribution is -2.04. The fraction of sp³-hybridized carbons (Fsp3) is 0.273. The first-order valence-corrected chi connectivity index (χ1v) is 5.79. The number of nitrogens with zero attached hydrogens (tertiary/aromatic N) is 2. The first-order chi connectivity index (χ1) is 8.26. The number of methoxy groups -OCH3 is 2. The van der Waals surface area contributed by atoms with Gasteiger partial charge in [-0.1, -0.05) is 0 Å². The third-order valence-electron chi connectivity index (χ3n) is 2.24. The second kappa shape index (κ2) is 5.11. The van der Waals surface area contributed by atoms with Gasteiger partial charge in [0.15, 0.2) is 0 Å². The highest BCUT2D eigenvalue weighted by Gasteiger charge is 2.19. The number of rotatable bonds is 4. The quantitative estimate of drug-likeness (QED) is 0.896. The Morgan fingerprint density at radius 3 is 2.65 bits per heavy atom. The van der Waals surface area contributed by atoms with E-state index in [1.807, 2.05) is 5.38 Å². The molecule has 2 aromatic rings. The molecule has 2 heterocycles. The van der Waals surface area contributed by atoms with Gasteiger partial charge in [-0.15, -0.1) is 11.3 Å². The van der Waals surface area contributed by atoms with Gasteiger partial charge in [-0.3, -0.25) is 4.98 Å². The lowest BCUT2D eigenvalue weighted by atomic mass is 10.2. The summed E-state index contributed by atoms with van der Waals surface area (Å²) in [6, 6.07) is 1.77. The highest BCUT2D eigenvalue weighted by Crippen LogP contribution is 2.32. The molecule has 0 aliphatic carbocycles. The van der Waals surface area contributed by atoms with Crippen LogP contribution in [-0.4, -0.2) is 29.3 Å². The second-order valence-corrected chi connectivity index (χ2v) is 4.19. The van der Waals surface area contributed by atoms with Crippen molar-refractivity contribution in [2.75, 3.05) is 14.2 Å². The van der Waals surface area contributed by atoms with Gasteiger partial charge in [0.1, 0.15) is 17.5 Å². The predicted molar refractivity (Wildman–Crippen MR) is 63.5 cm³/mol. The Morgan fingerprint density at radius 1 is 1.24 bits per heavy atom. The molecular formula is C11H12N2O3S. The van der Waals surface area contributed by atoms with Crippen molar-refractivity contribution in [3.63, 3.8) is 0 Å². The molecule has 0 spiro atoms. The van der Waals surface area contributed by atoms with Crippen molar-refractivity contribution in [1.82, 2.24) is 9.97 Å².